The number of ketones is 1. The first-order valence-corrected chi connectivity index (χ1v) is 6.87. The van der Waals surface area contributed by atoms with E-state index in [4.69, 9.17) is 4.74 Å². The first-order chi connectivity index (χ1) is 8.18. The molecule has 0 saturated carbocycles. The van der Waals surface area contributed by atoms with Crippen LogP contribution in [0.2, 0.25) is 0 Å². The van der Waals surface area contributed by atoms with E-state index in [-0.39, 0.29) is 5.78 Å². The fraction of sp³-hybridized carbons (Fsp3) is 0.500. The topological polar surface area (TPSA) is 26.3 Å². The molecule has 1 aliphatic heterocycles. The highest BCUT2D eigenvalue weighted by atomic mass is 79.9. The average Bonchev–Trinajstić information content (AvgIpc) is 2.82. The van der Waals surface area contributed by atoms with Gasteiger partial charge < -0.3 is 4.74 Å². The maximum atomic E-state index is 12.1. The van der Waals surface area contributed by atoms with Gasteiger partial charge in [0.25, 0.3) is 0 Å². The minimum Gasteiger partial charge on any atom is -0.378 e. The van der Waals surface area contributed by atoms with Crippen molar-refractivity contribution < 1.29 is 9.53 Å². The zero-order chi connectivity index (χ0) is 12.3. The van der Waals surface area contributed by atoms with Crippen LogP contribution in [0.15, 0.2) is 22.7 Å². The second-order valence-electron chi connectivity index (χ2n) is 4.51. The summed E-state index contributed by atoms with van der Waals surface area (Å²) in [6.45, 7) is 2.83. The van der Waals surface area contributed by atoms with Crippen molar-refractivity contribution in [1.29, 1.82) is 0 Å². The molecule has 17 heavy (non-hydrogen) atoms. The summed E-state index contributed by atoms with van der Waals surface area (Å²) in [7, 11) is 0. The van der Waals surface area contributed by atoms with Crippen LogP contribution in [0, 0.1) is 6.92 Å². The summed E-state index contributed by atoms with van der Waals surface area (Å²) in [6.07, 6.45) is 3.97. The zero-order valence-corrected chi connectivity index (χ0v) is 11.6. The molecule has 1 saturated heterocycles. The predicted octanol–water partition coefficient (Wildman–Crippen LogP) is 3.90. The van der Waals surface area contributed by atoms with Gasteiger partial charge in [-0.25, -0.2) is 0 Å². The van der Waals surface area contributed by atoms with Crippen molar-refractivity contribution >= 4 is 21.7 Å². The maximum absolute atomic E-state index is 12.1. The lowest BCUT2D eigenvalue weighted by Crippen LogP contribution is -2.09. The molecule has 1 aromatic carbocycles. The van der Waals surface area contributed by atoms with E-state index in [1.165, 1.54) is 0 Å². The Balaban J connectivity index is 1.97. The van der Waals surface area contributed by atoms with E-state index in [0.717, 1.165) is 41.5 Å². The van der Waals surface area contributed by atoms with Crippen molar-refractivity contribution in [2.75, 3.05) is 6.61 Å². The molecule has 3 heteroatoms. The second kappa shape index (κ2) is 5.78. The van der Waals surface area contributed by atoms with Crippen molar-refractivity contribution in [3.63, 3.8) is 0 Å². The number of benzene rings is 1. The van der Waals surface area contributed by atoms with Crippen molar-refractivity contribution in [2.45, 2.75) is 38.7 Å². The molecule has 0 bridgehead atoms. The zero-order valence-electron chi connectivity index (χ0n) is 10.0. The Morgan fingerprint density at radius 2 is 2.35 bits per heavy atom. The van der Waals surface area contributed by atoms with Gasteiger partial charge in [0, 0.05) is 23.1 Å². The van der Waals surface area contributed by atoms with E-state index in [0.29, 0.717) is 12.5 Å². The van der Waals surface area contributed by atoms with E-state index in [9.17, 15) is 4.79 Å². The summed E-state index contributed by atoms with van der Waals surface area (Å²) in [5.74, 6) is 0.222. The average molecular weight is 297 g/mol. The number of halogens is 1. The van der Waals surface area contributed by atoms with Crippen LogP contribution >= 0.6 is 15.9 Å². The number of Topliss-reactive ketones (excluding diaryl/α,β-unsaturated/α-hetero) is 1. The fourth-order valence-electron chi connectivity index (χ4n) is 2.21. The van der Waals surface area contributed by atoms with Crippen molar-refractivity contribution in [3.05, 3.63) is 33.8 Å². The first kappa shape index (κ1) is 12.8. The summed E-state index contributed by atoms with van der Waals surface area (Å²) < 4.78 is 6.53. The third kappa shape index (κ3) is 3.17. The number of ether oxygens (including phenoxy) is 1. The number of carbonyl (C=O) groups excluding carboxylic acids is 1. The van der Waals surface area contributed by atoms with Gasteiger partial charge in [0.15, 0.2) is 5.78 Å². The summed E-state index contributed by atoms with van der Waals surface area (Å²) in [5.41, 5.74) is 1.86. The molecule has 0 N–H and O–H groups in total. The maximum Gasteiger partial charge on any atom is 0.163 e. The van der Waals surface area contributed by atoms with Gasteiger partial charge in [-0.3, -0.25) is 4.79 Å². The smallest absolute Gasteiger partial charge is 0.163 e. The van der Waals surface area contributed by atoms with Gasteiger partial charge in [-0.1, -0.05) is 28.1 Å². The van der Waals surface area contributed by atoms with Crippen LogP contribution in [0.1, 0.15) is 41.6 Å². The Kier molecular flexibility index (Phi) is 4.35. The Morgan fingerprint density at radius 3 is 3.06 bits per heavy atom. The van der Waals surface area contributed by atoms with Crippen LogP contribution in [0.5, 0.6) is 0 Å². The van der Waals surface area contributed by atoms with Gasteiger partial charge in [-0.2, -0.15) is 0 Å². The molecule has 92 valence electrons. The molecule has 0 aliphatic carbocycles. The largest absolute Gasteiger partial charge is 0.378 e. The van der Waals surface area contributed by atoms with E-state index in [1.54, 1.807) is 0 Å². The summed E-state index contributed by atoms with van der Waals surface area (Å²) >= 11 is 3.45. The Labute approximate surface area is 110 Å². The SMILES string of the molecule is Cc1c(Br)cccc1C(=O)CCC1CCCO1. The highest BCUT2D eigenvalue weighted by molar-refractivity contribution is 9.10. The fourth-order valence-corrected chi connectivity index (χ4v) is 2.57. The number of carbonyl (C=O) groups is 1. The summed E-state index contributed by atoms with van der Waals surface area (Å²) in [4.78, 5) is 12.1. The monoisotopic (exact) mass is 296 g/mol. The Morgan fingerprint density at radius 1 is 1.53 bits per heavy atom. The lowest BCUT2D eigenvalue weighted by Gasteiger charge is -2.10. The molecular weight excluding hydrogens is 280 g/mol. The molecular formula is C14H17BrO2. The predicted molar refractivity (Wildman–Crippen MR) is 71.4 cm³/mol. The Bertz CT molecular complexity index is 409. The van der Waals surface area contributed by atoms with Gasteiger partial charge >= 0.3 is 0 Å². The van der Waals surface area contributed by atoms with Crippen molar-refractivity contribution in [1.82, 2.24) is 0 Å². The summed E-state index contributed by atoms with van der Waals surface area (Å²) in [5, 5.41) is 0. The molecule has 1 fully saturated rings. The molecule has 0 aromatic heterocycles. The van der Waals surface area contributed by atoms with Gasteiger partial charge in [0.1, 0.15) is 0 Å². The first-order valence-electron chi connectivity index (χ1n) is 6.08. The molecule has 1 aliphatic rings. The van der Waals surface area contributed by atoms with Crippen LogP contribution in [-0.2, 0) is 4.74 Å². The minimum atomic E-state index is 0.222. The molecule has 1 atom stereocenters. The van der Waals surface area contributed by atoms with Gasteiger partial charge in [-0.15, -0.1) is 0 Å². The van der Waals surface area contributed by atoms with Crippen molar-refractivity contribution in [2.24, 2.45) is 0 Å². The highest BCUT2D eigenvalue weighted by Gasteiger charge is 2.18. The van der Waals surface area contributed by atoms with Gasteiger partial charge in [0.2, 0.25) is 0 Å². The Hall–Kier alpha value is -0.670. The van der Waals surface area contributed by atoms with Gasteiger partial charge in [0.05, 0.1) is 6.10 Å². The minimum absolute atomic E-state index is 0.222. The highest BCUT2D eigenvalue weighted by Crippen LogP contribution is 2.23. The molecule has 1 aromatic rings. The van der Waals surface area contributed by atoms with E-state index in [2.05, 4.69) is 15.9 Å². The third-order valence-corrected chi connectivity index (χ3v) is 4.14. The summed E-state index contributed by atoms with van der Waals surface area (Å²) in [6, 6.07) is 5.78. The normalized spacial score (nSPS) is 19.5. The second-order valence-corrected chi connectivity index (χ2v) is 5.36. The lowest BCUT2D eigenvalue weighted by atomic mass is 10.00. The standard InChI is InChI=1S/C14H17BrO2/c1-10-12(5-2-6-13(10)15)14(16)8-7-11-4-3-9-17-11/h2,5-6,11H,3-4,7-9H2,1H3. The molecule has 2 rings (SSSR count). The molecule has 1 heterocycles. The van der Waals surface area contributed by atoms with E-state index < -0.39 is 0 Å². The van der Waals surface area contributed by atoms with E-state index >= 15 is 0 Å². The van der Waals surface area contributed by atoms with Crippen molar-refractivity contribution in [3.8, 4) is 0 Å². The number of rotatable bonds is 4. The molecule has 1 unspecified atom stereocenters. The van der Waals surface area contributed by atoms with Crippen LogP contribution in [0.25, 0.3) is 0 Å². The number of hydrogen-bond donors (Lipinski definition) is 0. The number of hydrogen-bond acceptors (Lipinski definition) is 2. The molecule has 0 amide bonds. The van der Waals surface area contributed by atoms with Gasteiger partial charge in [-0.05, 0) is 37.8 Å². The molecule has 0 radical (unpaired) electrons. The van der Waals surface area contributed by atoms with E-state index in [1.807, 2.05) is 25.1 Å². The molecule has 0 spiro atoms. The van der Waals surface area contributed by atoms with Crippen LogP contribution in [0.3, 0.4) is 0 Å². The lowest BCUT2D eigenvalue weighted by molar-refractivity contribution is 0.0859. The van der Waals surface area contributed by atoms with Crippen LogP contribution in [-0.4, -0.2) is 18.5 Å². The molecule has 2 nitrogen and oxygen atoms in total. The third-order valence-electron chi connectivity index (χ3n) is 3.29. The van der Waals surface area contributed by atoms with Crippen LogP contribution in [0.4, 0.5) is 0 Å². The quantitative estimate of drug-likeness (QED) is 0.788. The van der Waals surface area contributed by atoms with Crippen LogP contribution < -0.4 is 0 Å².